The molecule has 40 heavy (non-hydrogen) atoms. The molecule has 3 heterocycles. The Morgan fingerprint density at radius 3 is 1.73 bits per heavy atom. The summed E-state index contributed by atoms with van der Waals surface area (Å²) in [5.74, 6) is 1.82. The Kier molecular flexibility index (Phi) is 5.63. The Balaban J connectivity index is 1.44. The molecule has 0 amide bonds. The summed E-state index contributed by atoms with van der Waals surface area (Å²) in [5.41, 5.74) is 4.17. The molecular weight excluding hydrogens is 497 g/mol. The molecular formula is C33H28BN3O3. The molecule has 0 spiro atoms. The van der Waals surface area contributed by atoms with Crippen molar-refractivity contribution in [2.24, 2.45) is 0 Å². The van der Waals surface area contributed by atoms with Crippen molar-refractivity contribution < 1.29 is 13.7 Å². The van der Waals surface area contributed by atoms with Crippen LogP contribution in [0, 0.1) is 0 Å². The van der Waals surface area contributed by atoms with Gasteiger partial charge in [0.15, 0.2) is 17.5 Å². The average Bonchev–Trinajstić information content (AvgIpc) is 3.46. The smallest absolute Gasteiger partial charge is 0.456 e. The molecule has 1 aliphatic rings. The van der Waals surface area contributed by atoms with Crippen LogP contribution in [-0.2, 0) is 9.31 Å². The second kappa shape index (κ2) is 9.12. The first kappa shape index (κ1) is 24.7. The number of rotatable bonds is 4. The maximum atomic E-state index is 6.49. The Labute approximate surface area is 233 Å². The van der Waals surface area contributed by atoms with E-state index in [4.69, 9.17) is 28.7 Å². The van der Waals surface area contributed by atoms with Crippen LogP contribution >= 0.6 is 0 Å². The zero-order valence-electron chi connectivity index (χ0n) is 22.9. The highest BCUT2D eigenvalue weighted by Gasteiger charge is 2.52. The number of benzene rings is 4. The summed E-state index contributed by atoms with van der Waals surface area (Å²) in [6.07, 6.45) is 0. The number of fused-ring (bicyclic) bond motifs is 3. The SMILES string of the molecule is CC1(C)OB(c2cccc3c2oc2cccc(-c4nc(-c5ccccc5)nc(-c5ccccc5)n4)c23)OC1(C)C. The molecule has 1 saturated heterocycles. The van der Waals surface area contributed by atoms with Gasteiger partial charge in [0.05, 0.1) is 11.2 Å². The lowest BCUT2D eigenvalue weighted by atomic mass is 9.78. The fourth-order valence-electron chi connectivity index (χ4n) is 5.14. The van der Waals surface area contributed by atoms with Crippen LogP contribution in [0.25, 0.3) is 56.1 Å². The van der Waals surface area contributed by atoms with Gasteiger partial charge in [-0.1, -0.05) is 91.0 Å². The minimum atomic E-state index is -0.538. The number of para-hydroxylation sites is 1. The van der Waals surface area contributed by atoms with E-state index in [1.165, 1.54) is 0 Å². The molecule has 2 aromatic heterocycles. The lowest BCUT2D eigenvalue weighted by molar-refractivity contribution is 0.00578. The fourth-order valence-corrected chi connectivity index (χ4v) is 5.14. The highest BCUT2D eigenvalue weighted by Crippen LogP contribution is 2.39. The molecule has 0 aliphatic carbocycles. The number of nitrogens with zero attached hydrogens (tertiary/aromatic N) is 3. The van der Waals surface area contributed by atoms with Crippen molar-refractivity contribution in [2.45, 2.75) is 38.9 Å². The molecule has 6 aromatic rings. The van der Waals surface area contributed by atoms with Crippen molar-refractivity contribution in [3.8, 4) is 34.2 Å². The monoisotopic (exact) mass is 525 g/mol. The van der Waals surface area contributed by atoms with Crippen LogP contribution in [-0.4, -0.2) is 33.3 Å². The van der Waals surface area contributed by atoms with E-state index in [-0.39, 0.29) is 0 Å². The highest BCUT2D eigenvalue weighted by atomic mass is 16.7. The van der Waals surface area contributed by atoms with Gasteiger partial charge in [-0.2, -0.15) is 0 Å². The van der Waals surface area contributed by atoms with Crippen molar-refractivity contribution in [2.75, 3.05) is 0 Å². The van der Waals surface area contributed by atoms with E-state index in [2.05, 4.69) is 33.8 Å². The van der Waals surface area contributed by atoms with Crippen LogP contribution in [0.1, 0.15) is 27.7 Å². The van der Waals surface area contributed by atoms with Crippen LogP contribution in [0.2, 0.25) is 0 Å². The standard InChI is InChI=1S/C33H28BN3O3/c1-32(2)33(3,4)40-34(39-32)25-19-11-17-23-27-24(18-12-20-26(27)38-28(23)25)31-36-29(21-13-7-5-8-14-21)35-30(37-31)22-15-9-6-10-16-22/h5-20H,1-4H3. The van der Waals surface area contributed by atoms with Crippen LogP contribution < -0.4 is 5.46 Å². The van der Waals surface area contributed by atoms with E-state index in [0.29, 0.717) is 17.5 Å². The number of aromatic nitrogens is 3. The molecule has 7 rings (SSSR count). The summed E-state index contributed by atoms with van der Waals surface area (Å²) in [6, 6.07) is 32.1. The molecule has 1 aliphatic heterocycles. The third-order valence-corrected chi connectivity index (χ3v) is 8.00. The lowest BCUT2D eigenvalue weighted by Crippen LogP contribution is -2.41. The van der Waals surface area contributed by atoms with E-state index in [1.807, 2.05) is 91.0 Å². The molecule has 0 bridgehead atoms. The molecule has 196 valence electrons. The van der Waals surface area contributed by atoms with Crippen LogP contribution in [0.4, 0.5) is 0 Å². The molecule has 4 aromatic carbocycles. The third kappa shape index (κ3) is 4.01. The number of hydrogen-bond donors (Lipinski definition) is 0. The molecule has 0 unspecified atom stereocenters. The van der Waals surface area contributed by atoms with Crippen molar-refractivity contribution in [1.82, 2.24) is 15.0 Å². The van der Waals surface area contributed by atoms with Crippen molar-refractivity contribution in [3.63, 3.8) is 0 Å². The summed E-state index contributed by atoms with van der Waals surface area (Å²) in [5, 5.41) is 1.90. The van der Waals surface area contributed by atoms with Crippen molar-refractivity contribution >= 4 is 34.5 Å². The quantitative estimate of drug-likeness (QED) is 0.229. The Hall–Kier alpha value is -4.33. The third-order valence-electron chi connectivity index (χ3n) is 8.00. The second-order valence-corrected chi connectivity index (χ2v) is 11.1. The summed E-state index contributed by atoms with van der Waals surface area (Å²) in [6.45, 7) is 8.22. The Bertz CT molecular complexity index is 1790. The maximum absolute atomic E-state index is 6.49. The molecule has 1 fully saturated rings. The van der Waals surface area contributed by atoms with E-state index in [9.17, 15) is 0 Å². The summed E-state index contributed by atoms with van der Waals surface area (Å²) in [7, 11) is -0.538. The van der Waals surface area contributed by atoms with Crippen LogP contribution in [0.5, 0.6) is 0 Å². The van der Waals surface area contributed by atoms with Gasteiger partial charge in [-0.25, -0.2) is 15.0 Å². The van der Waals surface area contributed by atoms with Gasteiger partial charge >= 0.3 is 7.12 Å². The predicted octanol–water partition coefficient (Wildman–Crippen LogP) is 7.07. The first-order valence-corrected chi connectivity index (χ1v) is 13.5. The zero-order chi connectivity index (χ0) is 27.5. The van der Waals surface area contributed by atoms with Crippen molar-refractivity contribution in [3.05, 3.63) is 97.1 Å². The van der Waals surface area contributed by atoms with Gasteiger partial charge in [0.2, 0.25) is 0 Å². The largest absolute Gasteiger partial charge is 0.498 e. The van der Waals surface area contributed by atoms with Gasteiger partial charge in [0, 0.05) is 32.9 Å². The van der Waals surface area contributed by atoms with E-state index >= 15 is 0 Å². The molecule has 0 N–H and O–H groups in total. The first-order chi connectivity index (χ1) is 19.3. The molecule has 0 atom stereocenters. The number of hydrogen-bond acceptors (Lipinski definition) is 6. The normalized spacial score (nSPS) is 16.1. The van der Waals surface area contributed by atoms with Crippen LogP contribution in [0.3, 0.4) is 0 Å². The summed E-state index contributed by atoms with van der Waals surface area (Å²) >= 11 is 0. The van der Waals surface area contributed by atoms with E-state index in [0.717, 1.165) is 44.1 Å². The molecule has 7 heteroatoms. The van der Waals surface area contributed by atoms with Gasteiger partial charge in [-0.3, -0.25) is 0 Å². The fraction of sp³-hybridized carbons (Fsp3) is 0.182. The average molecular weight is 525 g/mol. The highest BCUT2D eigenvalue weighted by molar-refractivity contribution is 6.65. The Morgan fingerprint density at radius 1 is 0.575 bits per heavy atom. The van der Waals surface area contributed by atoms with E-state index in [1.54, 1.807) is 0 Å². The maximum Gasteiger partial charge on any atom is 0.498 e. The Morgan fingerprint density at radius 2 is 1.12 bits per heavy atom. The number of furan rings is 1. The molecule has 6 nitrogen and oxygen atoms in total. The zero-order valence-corrected chi connectivity index (χ0v) is 22.9. The summed E-state index contributed by atoms with van der Waals surface area (Å²) < 4.78 is 19.3. The lowest BCUT2D eigenvalue weighted by Gasteiger charge is -2.32. The second-order valence-electron chi connectivity index (χ2n) is 11.1. The molecule has 0 saturated carbocycles. The molecule has 0 radical (unpaired) electrons. The van der Waals surface area contributed by atoms with E-state index < -0.39 is 18.3 Å². The van der Waals surface area contributed by atoms with Crippen molar-refractivity contribution in [1.29, 1.82) is 0 Å². The van der Waals surface area contributed by atoms with Gasteiger partial charge in [0.25, 0.3) is 0 Å². The minimum Gasteiger partial charge on any atom is -0.456 e. The van der Waals surface area contributed by atoms with Crippen LogP contribution in [0.15, 0.2) is 101 Å². The van der Waals surface area contributed by atoms with Gasteiger partial charge in [-0.15, -0.1) is 0 Å². The first-order valence-electron chi connectivity index (χ1n) is 13.5. The summed E-state index contributed by atoms with van der Waals surface area (Å²) in [4.78, 5) is 14.8. The predicted molar refractivity (Wildman–Crippen MR) is 159 cm³/mol. The van der Waals surface area contributed by atoms with Gasteiger partial charge in [-0.05, 0) is 33.8 Å². The van der Waals surface area contributed by atoms with Gasteiger partial charge < -0.3 is 13.7 Å². The van der Waals surface area contributed by atoms with Gasteiger partial charge in [0.1, 0.15) is 11.2 Å². The topological polar surface area (TPSA) is 70.3 Å². The minimum absolute atomic E-state index is 0.455.